The van der Waals surface area contributed by atoms with Crippen LogP contribution >= 0.6 is 27.5 Å². The van der Waals surface area contributed by atoms with Crippen LogP contribution in [-0.4, -0.2) is 25.3 Å². The summed E-state index contributed by atoms with van der Waals surface area (Å²) >= 11 is 9.82. The molecular weight excluding hydrogens is 378 g/mol. The lowest BCUT2D eigenvalue weighted by atomic mass is 10.0. The summed E-state index contributed by atoms with van der Waals surface area (Å²) in [6.45, 7) is 0. The molecule has 114 valence electrons. The second kappa shape index (κ2) is 5.56. The number of fused-ring (bicyclic) bond motifs is 1. The van der Waals surface area contributed by atoms with Crippen molar-refractivity contribution in [3.63, 3.8) is 0 Å². The molecule has 2 unspecified atom stereocenters. The lowest BCUT2D eigenvalue weighted by Gasteiger charge is -2.27. The summed E-state index contributed by atoms with van der Waals surface area (Å²) in [5.41, 5.74) is 2.35. The Morgan fingerprint density at radius 3 is 2.81 bits per heavy atom. The van der Waals surface area contributed by atoms with E-state index in [-0.39, 0.29) is 16.5 Å². The van der Waals surface area contributed by atoms with Crippen LogP contribution in [0.15, 0.2) is 12.1 Å². The van der Waals surface area contributed by atoms with Crippen molar-refractivity contribution in [2.24, 2.45) is 0 Å². The number of sulfone groups is 1. The second-order valence-corrected chi connectivity index (χ2v) is 9.29. The molecule has 2 aliphatic heterocycles. The van der Waals surface area contributed by atoms with Crippen molar-refractivity contribution in [1.29, 1.82) is 0 Å². The summed E-state index contributed by atoms with van der Waals surface area (Å²) in [7, 11) is -3.10. The van der Waals surface area contributed by atoms with Gasteiger partial charge in [-0.2, -0.15) is 0 Å². The largest absolute Gasteiger partial charge is 0.325 e. The highest BCUT2D eigenvalue weighted by atomic mass is 79.9. The Balaban J connectivity index is 1.97. The van der Waals surface area contributed by atoms with Gasteiger partial charge in [-0.25, -0.2) is 8.42 Å². The SMILES string of the molecule is O=C1Cc2cc(C(Br)C3CCCCS3(=O)=O)c(Cl)cc2N1. The lowest BCUT2D eigenvalue weighted by Crippen LogP contribution is -2.31. The molecule has 1 aromatic carbocycles. The number of rotatable bonds is 2. The predicted molar refractivity (Wildman–Crippen MR) is 86.9 cm³/mol. The van der Waals surface area contributed by atoms with E-state index in [1.807, 2.05) is 6.07 Å². The number of hydrogen-bond donors (Lipinski definition) is 1. The molecule has 2 atom stereocenters. The maximum atomic E-state index is 12.3. The molecule has 0 bridgehead atoms. The molecule has 1 saturated heterocycles. The Morgan fingerprint density at radius 2 is 2.10 bits per heavy atom. The van der Waals surface area contributed by atoms with Crippen molar-refractivity contribution in [2.45, 2.75) is 35.8 Å². The highest BCUT2D eigenvalue weighted by Gasteiger charge is 2.36. The minimum atomic E-state index is -3.10. The van der Waals surface area contributed by atoms with Gasteiger partial charge in [0.25, 0.3) is 0 Å². The molecule has 3 rings (SSSR count). The van der Waals surface area contributed by atoms with Crippen LogP contribution in [0.3, 0.4) is 0 Å². The van der Waals surface area contributed by atoms with Crippen molar-refractivity contribution in [1.82, 2.24) is 0 Å². The third kappa shape index (κ3) is 2.85. The first kappa shape index (κ1) is 15.3. The van der Waals surface area contributed by atoms with Crippen molar-refractivity contribution in [3.05, 3.63) is 28.3 Å². The van der Waals surface area contributed by atoms with E-state index in [0.29, 0.717) is 17.9 Å². The van der Waals surface area contributed by atoms with Crippen LogP contribution in [0.4, 0.5) is 5.69 Å². The van der Waals surface area contributed by atoms with Gasteiger partial charge < -0.3 is 5.32 Å². The molecule has 7 heteroatoms. The van der Waals surface area contributed by atoms with Crippen LogP contribution in [0.5, 0.6) is 0 Å². The van der Waals surface area contributed by atoms with E-state index in [1.54, 1.807) is 6.07 Å². The van der Waals surface area contributed by atoms with Gasteiger partial charge in [0.1, 0.15) is 0 Å². The zero-order valence-corrected chi connectivity index (χ0v) is 14.4. The number of carbonyl (C=O) groups is 1. The molecule has 0 saturated carbocycles. The maximum absolute atomic E-state index is 12.3. The van der Waals surface area contributed by atoms with Gasteiger partial charge in [0, 0.05) is 10.7 Å². The Labute approximate surface area is 137 Å². The van der Waals surface area contributed by atoms with Gasteiger partial charge in [-0.3, -0.25) is 4.79 Å². The van der Waals surface area contributed by atoms with Crippen molar-refractivity contribution >= 4 is 49.0 Å². The van der Waals surface area contributed by atoms with Gasteiger partial charge in [0.05, 0.1) is 22.3 Å². The van der Waals surface area contributed by atoms with Crippen LogP contribution in [0.1, 0.15) is 35.2 Å². The number of amides is 1. The minimum Gasteiger partial charge on any atom is -0.325 e. The van der Waals surface area contributed by atoms with Crippen molar-refractivity contribution < 1.29 is 13.2 Å². The van der Waals surface area contributed by atoms with Crippen molar-refractivity contribution in [2.75, 3.05) is 11.1 Å². The molecule has 0 aromatic heterocycles. The maximum Gasteiger partial charge on any atom is 0.228 e. The zero-order valence-electron chi connectivity index (χ0n) is 11.2. The summed E-state index contributed by atoms with van der Waals surface area (Å²) in [4.78, 5) is 11.1. The quantitative estimate of drug-likeness (QED) is 0.786. The van der Waals surface area contributed by atoms with E-state index in [9.17, 15) is 13.2 Å². The highest BCUT2D eigenvalue weighted by molar-refractivity contribution is 9.09. The first-order valence-electron chi connectivity index (χ1n) is 6.86. The summed E-state index contributed by atoms with van der Waals surface area (Å²) in [5.74, 6) is 0.178. The normalized spacial score (nSPS) is 25.2. The smallest absolute Gasteiger partial charge is 0.228 e. The summed E-state index contributed by atoms with van der Waals surface area (Å²) in [6.07, 6.45) is 2.60. The molecule has 2 aliphatic rings. The molecule has 0 radical (unpaired) electrons. The minimum absolute atomic E-state index is 0.0605. The Hall–Kier alpha value is -0.590. The molecule has 0 spiro atoms. The number of halogens is 2. The van der Waals surface area contributed by atoms with E-state index in [4.69, 9.17) is 11.6 Å². The Bertz CT molecular complexity index is 704. The standard InChI is InChI=1S/C14H15BrClNO3S/c15-14(12-3-1-2-4-21(12,19)20)9-5-8-6-13(18)17-11(8)7-10(9)16/h5,7,12,14H,1-4,6H2,(H,17,18). The summed E-state index contributed by atoms with van der Waals surface area (Å²) in [5, 5.41) is 2.78. The topological polar surface area (TPSA) is 63.2 Å². The van der Waals surface area contributed by atoms with Crippen LogP contribution < -0.4 is 5.32 Å². The molecule has 4 nitrogen and oxygen atoms in total. The second-order valence-electron chi connectivity index (χ2n) is 5.56. The van der Waals surface area contributed by atoms with E-state index in [0.717, 1.165) is 29.7 Å². The summed E-state index contributed by atoms with van der Waals surface area (Å²) < 4.78 is 24.5. The van der Waals surface area contributed by atoms with Crippen LogP contribution in [0.2, 0.25) is 5.02 Å². The summed E-state index contributed by atoms with van der Waals surface area (Å²) in [6, 6.07) is 3.56. The van der Waals surface area contributed by atoms with Gasteiger partial charge in [-0.15, -0.1) is 0 Å². The number of hydrogen-bond acceptors (Lipinski definition) is 3. The molecule has 1 amide bonds. The van der Waals surface area contributed by atoms with Gasteiger partial charge in [-0.05, 0) is 30.0 Å². The third-order valence-electron chi connectivity index (χ3n) is 4.10. The lowest BCUT2D eigenvalue weighted by molar-refractivity contribution is -0.115. The number of benzene rings is 1. The van der Waals surface area contributed by atoms with Gasteiger partial charge in [0.2, 0.25) is 5.91 Å². The van der Waals surface area contributed by atoms with E-state index in [1.165, 1.54) is 0 Å². The van der Waals surface area contributed by atoms with E-state index in [2.05, 4.69) is 21.2 Å². The number of carbonyl (C=O) groups excluding carboxylic acids is 1. The number of nitrogens with one attached hydrogen (secondary N) is 1. The van der Waals surface area contributed by atoms with Gasteiger partial charge >= 0.3 is 0 Å². The number of anilines is 1. The molecule has 1 aromatic rings. The van der Waals surface area contributed by atoms with Crippen LogP contribution in [0, 0.1) is 0 Å². The fraction of sp³-hybridized carbons (Fsp3) is 0.500. The molecular formula is C14H15BrClNO3S. The monoisotopic (exact) mass is 391 g/mol. The first-order valence-corrected chi connectivity index (χ1v) is 9.87. The Kier molecular flexibility index (Phi) is 4.05. The van der Waals surface area contributed by atoms with Crippen LogP contribution in [-0.2, 0) is 21.1 Å². The zero-order chi connectivity index (χ0) is 15.2. The van der Waals surface area contributed by atoms with Crippen molar-refractivity contribution in [3.8, 4) is 0 Å². The fourth-order valence-electron chi connectivity index (χ4n) is 2.99. The van der Waals surface area contributed by atoms with Gasteiger partial charge in [-0.1, -0.05) is 40.0 Å². The van der Waals surface area contributed by atoms with E-state index >= 15 is 0 Å². The third-order valence-corrected chi connectivity index (χ3v) is 8.20. The fourth-order valence-corrected chi connectivity index (χ4v) is 6.98. The average molecular weight is 393 g/mol. The predicted octanol–water partition coefficient (Wildman–Crippen LogP) is 3.24. The van der Waals surface area contributed by atoms with E-state index < -0.39 is 15.1 Å². The molecule has 21 heavy (non-hydrogen) atoms. The van der Waals surface area contributed by atoms with Crippen LogP contribution in [0.25, 0.3) is 0 Å². The van der Waals surface area contributed by atoms with Gasteiger partial charge in [0.15, 0.2) is 9.84 Å². The molecule has 1 N–H and O–H groups in total. The first-order chi connectivity index (χ1) is 9.88. The molecule has 0 aliphatic carbocycles. The molecule has 1 fully saturated rings. The average Bonchev–Trinajstić information content (AvgIpc) is 2.75. The number of alkyl halides is 1. The Morgan fingerprint density at radius 1 is 1.33 bits per heavy atom. The highest BCUT2D eigenvalue weighted by Crippen LogP contribution is 2.42. The molecule has 2 heterocycles.